The molecule has 17 nitrogen and oxygen atoms in total. The van der Waals surface area contributed by atoms with E-state index in [4.69, 9.17) is 40.9 Å². The standard InChI is InChI=1S/C23H43FN4O7.C6H12N2O4/c1-12(27-2)17-4-3-5-19(33-17)35-22-16(26)8-13(28-23(31)21(30)15(24)10-25)9-18(22)34-20-7-6-14(11-29)32-20;7-2-4-6(10)3(9)1-5(8-11)12-4/h12-22,27,29-30H,3-11,25-26H2,1-2H3,(H,28,31);3-6,9-10H,1-2,7H2/t12-,13?,14?,15?,16?,17?,18?,19+,20?,21?,22+;3?,4-,5-,6-/m00/s1. The van der Waals surface area contributed by atoms with Crippen molar-refractivity contribution in [2.75, 3.05) is 26.7 Å². The number of aliphatic hydroxyl groups is 4. The Labute approximate surface area is 274 Å². The lowest BCUT2D eigenvalue weighted by Crippen LogP contribution is -2.59. The van der Waals surface area contributed by atoms with Gasteiger partial charge < -0.3 is 71.9 Å². The molecule has 274 valence electrons. The highest BCUT2D eigenvalue weighted by Gasteiger charge is 2.43. The first-order valence-electron chi connectivity index (χ1n) is 16.5. The Balaban J connectivity index is 0.000000420. The SMILES string of the molecule is CN[C@@H](C)C1CCC[C@@H](O[C@@H]2C(N)CC(NC(=O)C(O)C(F)CN)CC2OC2CCC(CO)O2)O1.NC[C@@H]1O[C@H](N=O)CC(O)[C@@H]1O. The van der Waals surface area contributed by atoms with Crippen LogP contribution < -0.4 is 27.8 Å². The van der Waals surface area contributed by atoms with Crippen molar-refractivity contribution in [3.05, 3.63) is 4.91 Å². The molecule has 4 fully saturated rings. The van der Waals surface area contributed by atoms with Gasteiger partial charge in [-0.3, -0.25) is 4.79 Å². The van der Waals surface area contributed by atoms with Gasteiger partial charge in [0.1, 0.15) is 24.5 Å². The van der Waals surface area contributed by atoms with Crippen LogP contribution in [-0.4, -0.2) is 145 Å². The van der Waals surface area contributed by atoms with Crippen molar-refractivity contribution in [1.29, 1.82) is 0 Å². The van der Waals surface area contributed by atoms with Crippen LogP contribution in [0.15, 0.2) is 5.18 Å². The van der Waals surface area contributed by atoms with E-state index in [0.29, 0.717) is 25.7 Å². The number of amides is 1. The lowest BCUT2D eigenvalue weighted by atomic mass is 9.86. The quantitative estimate of drug-likeness (QED) is 0.0914. The second-order valence-corrected chi connectivity index (χ2v) is 12.6. The average molecular weight is 683 g/mol. The topological polar surface area (TPSA) is 276 Å². The molecule has 3 saturated heterocycles. The van der Waals surface area contributed by atoms with Gasteiger partial charge in [-0.2, -0.15) is 0 Å². The fraction of sp³-hybridized carbons (Fsp3) is 0.966. The summed E-state index contributed by atoms with van der Waals surface area (Å²) >= 11 is 0. The molecule has 15 atom stereocenters. The van der Waals surface area contributed by atoms with Crippen molar-refractivity contribution in [3.8, 4) is 0 Å². The molecule has 1 saturated carbocycles. The van der Waals surface area contributed by atoms with Gasteiger partial charge in [-0.15, -0.1) is 4.91 Å². The number of nitroso groups, excluding NO2 is 1. The Morgan fingerprint density at radius 1 is 1.06 bits per heavy atom. The number of carbonyl (C=O) groups excluding carboxylic acids is 1. The number of nitrogens with zero attached hydrogens (tertiary/aromatic N) is 1. The highest BCUT2D eigenvalue weighted by atomic mass is 19.1. The number of likely N-dealkylation sites (N-methyl/N-ethyl adjacent to an activating group) is 1. The van der Waals surface area contributed by atoms with Crippen molar-refractivity contribution in [3.63, 3.8) is 0 Å². The zero-order valence-electron chi connectivity index (χ0n) is 27.1. The first-order valence-corrected chi connectivity index (χ1v) is 16.5. The number of rotatable bonds is 13. The minimum absolute atomic E-state index is 0.0196. The maximum Gasteiger partial charge on any atom is 0.252 e. The predicted molar refractivity (Wildman–Crippen MR) is 165 cm³/mol. The van der Waals surface area contributed by atoms with E-state index in [1.165, 1.54) is 0 Å². The van der Waals surface area contributed by atoms with E-state index >= 15 is 0 Å². The number of ether oxygens (including phenoxy) is 5. The molecule has 47 heavy (non-hydrogen) atoms. The number of hydrogen-bond acceptors (Lipinski definition) is 16. The molecule has 0 aromatic carbocycles. The fourth-order valence-corrected chi connectivity index (χ4v) is 6.21. The molecular formula is C29H55FN6O11. The molecule has 0 bridgehead atoms. The molecule has 9 unspecified atom stereocenters. The molecule has 12 N–H and O–H groups in total. The van der Waals surface area contributed by atoms with E-state index in [1.807, 2.05) is 7.05 Å². The van der Waals surface area contributed by atoms with Gasteiger partial charge >= 0.3 is 0 Å². The maximum atomic E-state index is 13.7. The Kier molecular flexibility index (Phi) is 16.7. The smallest absolute Gasteiger partial charge is 0.252 e. The van der Waals surface area contributed by atoms with Gasteiger partial charge in [0, 0.05) is 44.1 Å². The van der Waals surface area contributed by atoms with Crippen LogP contribution in [0, 0.1) is 4.91 Å². The van der Waals surface area contributed by atoms with E-state index < -0.39 is 86.1 Å². The van der Waals surface area contributed by atoms with Gasteiger partial charge in [0.2, 0.25) is 0 Å². The highest BCUT2D eigenvalue weighted by molar-refractivity contribution is 5.81. The molecule has 3 heterocycles. The second-order valence-electron chi connectivity index (χ2n) is 12.6. The molecule has 3 aliphatic heterocycles. The van der Waals surface area contributed by atoms with Crippen molar-refractivity contribution in [1.82, 2.24) is 10.6 Å². The minimum atomic E-state index is -1.85. The molecule has 0 aromatic heterocycles. The van der Waals surface area contributed by atoms with Crippen LogP contribution >= 0.6 is 0 Å². The summed E-state index contributed by atoms with van der Waals surface area (Å²) in [6, 6.07) is -0.788. The van der Waals surface area contributed by atoms with Crippen molar-refractivity contribution in [2.45, 2.75) is 150 Å². The summed E-state index contributed by atoms with van der Waals surface area (Å²) in [7, 11) is 1.89. The molecule has 0 radical (unpaired) electrons. The molecule has 1 aliphatic carbocycles. The van der Waals surface area contributed by atoms with Gasteiger partial charge in [-0.1, -0.05) is 0 Å². The van der Waals surface area contributed by atoms with Gasteiger partial charge in [0.15, 0.2) is 24.9 Å². The summed E-state index contributed by atoms with van der Waals surface area (Å²) < 4.78 is 43.2. The zero-order valence-corrected chi connectivity index (χ0v) is 27.1. The lowest BCUT2D eigenvalue weighted by Gasteiger charge is -2.43. The summed E-state index contributed by atoms with van der Waals surface area (Å²) in [5.41, 5.74) is 17.0. The van der Waals surface area contributed by atoms with E-state index in [2.05, 4.69) is 22.7 Å². The summed E-state index contributed by atoms with van der Waals surface area (Å²) in [5.74, 6) is -0.838. The molecule has 1 amide bonds. The molecule has 0 spiro atoms. The largest absolute Gasteiger partial charge is 0.394 e. The van der Waals surface area contributed by atoms with Gasteiger partial charge in [0.05, 0.1) is 31.0 Å². The van der Waals surface area contributed by atoms with Crippen LogP contribution in [0.3, 0.4) is 0 Å². The van der Waals surface area contributed by atoms with Crippen LogP contribution in [0.5, 0.6) is 0 Å². The van der Waals surface area contributed by atoms with Crippen LogP contribution in [0.2, 0.25) is 0 Å². The highest BCUT2D eigenvalue weighted by Crippen LogP contribution is 2.32. The number of aliphatic hydroxyl groups excluding tert-OH is 4. The zero-order chi connectivity index (χ0) is 34.7. The number of carbonyl (C=O) groups is 1. The van der Waals surface area contributed by atoms with E-state index in [0.717, 1.165) is 19.3 Å². The number of nitrogens with two attached hydrogens (primary N) is 3. The van der Waals surface area contributed by atoms with Crippen molar-refractivity contribution in [2.24, 2.45) is 22.4 Å². The molecule has 4 aliphatic rings. The summed E-state index contributed by atoms with van der Waals surface area (Å²) in [5, 5.41) is 46.2. The Hall–Kier alpha value is -1.52. The van der Waals surface area contributed by atoms with Crippen LogP contribution in [0.1, 0.15) is 58.3 Å². The molecule has 0 aromatic rings. The summed E-state index contributed by atoms with van der Waals surface area (Å²) in [6.45, 7) is 1.58. The van der Waals surface area contributed by atoms with Crippen LogP contribution in [-0.2, 0) is 28.5 Å². The molecule has 4 rings (SSSR count). The molecule has 18 heteroatoms. The third-order valence-corrected chi connectivity index (χ3v) is 9.12. The van der Waals surface area contributed by atoms with Crippen molar-refractivity contribution < 1.29 is 53.3 Å². The number of nitrogens with one attached hydrogen (secondary N) is 2. The minimum Gasteiger partial charge on any atom is -0.394 e. The monoisotopic (exact) mass is 682 g/mol. The maximum absolute atomic E-state index is 13.7. The first kappa shape index (κ1) is 39.9. The third kappa shape index (κ3) is 11.5. The van der Waals surface area contributed by atoms with E-state index in [9.17, 15) is 34.5 Å². The summed E-state index contributed by atoms with van der Waals surface area (Å²) in [6.07, 6.45) is -4.95. The predicted octanol–water partition coefficient (Wildman–Crippen LogP) is -2.43. The van der Waals surface area contributed by atoms with Crippen molar-refractivity contribution >= 4 is 5.91 Å². The van der Waals surface area contributed by atoms with E-state index in [1.54, 1.807) is 0 Å². The Morgan fingerprint density at radius 2 is 1.79 bits per heavy atom. The van der Waals surface area contributed by atoms with E-state index in [-0.39, 0.29) is 37.8 Å². The Bertz CT molecular complexity index is 949. The Morgan fingerprint density at radius 3 is 2.40 bits per heavy atom. The average Bonchev–Trinajstić information content (AvgIpc) is 3.54. The fourth-order valence-electron chi connectivity index (χ4n) is 6.21. The number of alkyl halides is 1. The van der Waals surface area contributed by atoms with Gasteiger partial charge in [0.25, 0.3) is 5.91 Å². The normalized spacial score (nSPS) is 39.6. The lowest BCUT2D eigenvalue weighted by molar-refractivity contribution is -0.265. The van der Waals surface area contributed by atoms with Crippen LogP contribution in [0.4, 0.5) is 4.39 Å². The number of hydrogen-bond donors (Lipinski definition) is 9. The molecular weight excluding hydrogens is 627 g/mol. The second kappa shape index (κ2) is 19.6. The van der Waals surface area contributed by atoms with Gasteiger partial charge in [-0.25, -0.2) is 4.39 Å². The van der Waals surface area contributed by atoms with Crippen LogP contribution in [0.25, 0.3) is 0 Å². The summed E-state index contributed by atoms with van der Waals surface area (Å²) in [4.78, 5) is 22.4. The van der Waals surface area contributed by atoms with Gasteiger partial charge in [-0.05, 0) is 57.7 Å². The first-order chi connectivity index (χ1) is 22.4. The third-order valence-electron chi connectivity index (χ3n) is 9.12. The number of halogens is 1.